The minimum atomic E-state index is 0.121. The number of nitrogens with two attached hydrogens (primary N) is 1. The van der Waals surface area contributed by atoms with Crippen molar-refractivity contribution >= 4 is 38.0 Å². The van der Waals surface area contributed by atoms with E-state index in [2.05, 4.69) is 75.3 Å². The molecule has 4 heteroatoms. The number of benzene rings is 2. The summed E-state index contributed by atoms with van der Waals surface area (Å²) in [7, 11) is 0. The highest BCUT2D eigenvalue weighted by molar-refractivity contribution is 9.10. The maximum absolute atomic E-state index is 5.76. The van der Waals surface area contributed by atoms with Crippen LogP contribution in [0.15, 0.2) is 58.4 Å². The number of nitrogens with one attached hydrogen (secondary N) is 1. The second-order valence-electron chi connectivity index (χ2n) is 4.69. The molecule has 3 aromatic rings. The lowest BCUT2D eigenvalue weighted by Crippen LogP contribution is -2.29. The normalized spacial score (nSPS) is 12.7. The highest BCUT2D eigenvalue weighted by atomic mass is 79.9. The van der Waals surface area contributed by atoms with Gasteiger partial charge >= 0.3 is 0 Å². The Morgan fingerprint density at radius 1 is 1.10 bits per heavy atom. The van der Waals surface area contributed by atoms with Crippen LogP contribution >= 0.6 is 27.3 Å². The summed E-state index contributed by atoms with van der Waals surface area (Å²) < 4.78 is 1.12. The molecule has 1 aromatic heterocycles. The summed E-state index contributed by atoms with van der Waals surface area (Å²) in [4.78, 5) is 1.24. The van der Waals surface area contributed by atoms with Gasteiger partial charge in [-0.15, -0.1) is 11.3 Å². The molecule has 3 rings (SSSR count). The van der Waals surface area contributed by atoms with Crippen molar-refractivity contribution in [2.45, 2.75) is 12.5 Å². The van der Waals surface area contributed by atoms with Crippen LogP contribution in [0.3, 0.4) is 0 Å². The molecular formula is C16H15BrN2S. The molecule has 2 aromatic carbocycles. The van der Waals surface area contributed by atoms with Crippen molar-refractivity contribution in [3.05, 3.63) is 68.8 Å². The third kappa shape index (κ3) is 2.65. The molecule has 0 saturated carbocycles. The van der Waals surface area contributed by atoms with Gasteiger partial charge in [-0.25, -0.2) is 0 Å². The lowest BCUT2D eigenvalue weighted by Gasteiger charge is -2.16. The predicted octanol–water partition coefficient (Wildman–Crippen LogP) is 4.41. The standard InChI is InChI=1S/C16H15BrN2S/c17-14-8-9-20-16(14)15(19-18)10-12-6-3-5-11-4-1-2-7-13(11)12/h1-9,15,19H,10,18H2. The fraction of sp³-hybridized carbons (Fsp3) is 0.125. The zero-order valence-corrected chi connectivity index (χ0v) is 13.2. The molecule has 3 N–H and O–H groups in total. The lowest BCUT2D eigenvalue weighted by atomic mass is 9.98. The van der Waals surface area contributed by atoms with E-state index in [9.17, 15) is 0 Å². The Kier molecular flexibility index (Phi) is 4.17. The fourth-order valence-electron chi connectivity index (χ4n) is 2.47. The van der Waals surface area contributed by atoms with Gasteiger partial charge in [-0.1, -0.05) is 42.5 Å². The monoisotopic (exact) mass is 346 g/mol. The Hall–Kier alpha value is -1.20. The molecule has 0 bridgehead atoms. The molecule has 1 atom stereocenters. The summed E-state index contributed by atoms with van der Waals surface area (Å²) in [5, 5.41) is 4.64. The molecule has 0 spiro atoms. The quantitative estimate of drug-likeness (QED) is 0.542. The Balaban J connectivity index is 1.98. The summed E-state index contributed by atoms with van der Waals surface area (Å²) in [6.45, 7) is 0. The van der Waals surface area contributed by atoms with Crippen molar-refractivity contribution in [2.75, 3.05) is 0 Å². The van der Waals surface area contributed by atoms with E-state index in [1.807, 2.05) is 0 Å². The largest absolute Gasteiger partial charge is 0.271 e. The molecule has 0 amide bonds. The van der Waals surface area contributed by atoms with Crippen LogP contribution in [-0.2, 0) is 6.42 Å². The first kappa shape index (κ1) is 13.8. The molecule has 2 nitrogen and oxygen atoms in total. The lowest BCUT2D eigenvalue weighted by molar-refractivity contribution is 0.560. The maximum Gasteiger partial charge on any atom is 0.0605 e. The number of hydrazine groups is 1. The van der Waals surface area contributed by atoms with Gasteiger partial charge in [0.2, 0.25) is 0 Å². The number of halogens is 1. The summed E-state index contributed by atoms with van der Waals surface area (Å²) in [5.41, 5.74) is 4.25. The Labute approximate surface area is 130 Å². The first-order chi connectivity index (χ1) is 9.79. The summed E-state index contributed by atoms with van der Waals surface area (Å²) >= 11 is 5.30. The van der Waals surface area contributed by atoms with Gasteiger partial charge in [0, 0.05) is 9.35 Å². The van der Waals surface area contributed by atoms with Crippen molar-refractivity contribution in [1.29, 1.82) is 0 Å². The third-order valence-electron chi connectivity index (χ3n) is 3.47. The molecule has 102 valence electrons. The fourth-order valence-corrected chi connectivity index (χ4v) is 4.18. The van der Waals surface area contributed by atoms with Crippen LogP contribution in [0.2, 0.25) is 0 Å². The van der Waals surface area contributed by atoms with Crippen LogP contribution in [0.1, 0.15) is 16.5 Å². The van der Waals surface area contributed by atoms with E-state index in [0.717, 1.165) is 10.9 Å². The van der Waals surface area contributed by atoms with Crippen molar-refractivity contribution in [3.63, 3.8) is 0 Å². The van der Waals surface area contributed by atoms with Crippen LogP contribution in [-0.4, -0.2) is 0 Å². The minimum absolute atomic E-state index is 0.121. The molecular weight excluding hydrogens is 332 g/mol. The van der Waals surface area contributed by atoms with E-state index in [-0.39, 0.29) is 6.04 Å². The number of hydrogen-bond donors (Lipinski definition) is 2. The zero-order valence-electron chi connectivity index (χ0n) is 10.8. The Bertz CT molecular complexity index is 718. The first-order valence-electron chi connectivity index (χ1n) is 6.45. The van der Waals surface area contributed by atoms with E-state index in [4.69, 9.17) is 5.84 Å². The van der Waals surface area contributed by atoms with Crippen LogP contribution < -0.4 is 11.3 Å². The molecule has 0 aliphatic heterocycles. The first-order valence-corrected chi connectivity index (χ1v) is 8.12. The van der Waals surface area contributed by atoms with Gasteiger partial charge in [-0.05, 0) is 50.1 Å². The van der Waals surface area contributed by atoms with Crippen LogP contribution in [0.5, 0.6) is 0 Å². The number of rotatable bonds is 4. The van der Waals surface area contributed by atoms with E-state index < -0.39 is 0 Å². The van der Waals surface area contributed by atoms with Crippen molar-refractivity contribution < 1.29 is 0 Å². The summed E-state index contributed by atoms with van der Waals surface area (Å²) in [6.07, 6.45) is 0.872. The topological polar surface area (TPSA) is 38.0 Å². The van der Waals surface area contributed by atoms with Crippen molar-refractivity contribution in [3.8, 4) is 0 Å². The van der Waals surface area contributed by atoms with Gasteiger partial charge in [-0.3, -0.25) is 11.3 Å². The molecule has 0 fully saturated rings. The second kappa shape index (κ2) is 6.06. The maximum atomic E-state index is 5.76. The van der Waals surface area contributed by atoms with Gasteiger partial charge in [0.25, 0.3) is 0 Å². The van der Waals surface area contributed by atoms with Crippen LogP contribution in [0.4, 0.5) is 0 Å². The van der Waals surface area contributed by atoms with Gasteiger partial charge in [0.1, 0.15) is 0 Å². The number of hydrogen-bond acceptors (Lipinski definition) is 3. The third-order valence-corrected chi connectivity index (χ3v) is 5.45. The summed E-state index contributed by atoms with van der Waals surface area (Å²) in [6, 6.07) is 17.1. The molecule has 20 heavy (non-hydrogen) atoms. The summed E-state index contributed by atoms with van der Waals surface area (Å²) in [5.74, 6) is 5.76. The smallest absolute Gasteiger partial charge is 0.0605 e. The average molecular weight is 347 g/mol. The van der Waals surface area contributed by atoms with Gasteiger partial charge < -0.3 is 0 Å². The number of thiophene rings is 1. The number of fused-ring (bicyclic) bond motifs is 1. The predicted molar refractivity (Wildman–Crippen MR) is 89.7 cm³/mol. The van der Waals surface area contributed by atoms with Crippen LogP contribution in [0.25, 0.3) is 10.8 Å². The molecule has 0 radical (unpaired) electrons. The van der Waals surface area contributed by atoms with Crippen molar-refractivity contribution in [1.82, 2.24) is 5.43 Å². The minimum Gasteiger partial charge on any atom is -0.271 e. The van der Waals surface area contributed by atoms with E-state index in [1.54, 1.807) is 11.3 Å². The van der Waals surface area contributed by atoms with Gasteiger partial charge in [-0.2, -0.15) is 0 Å². The molecule has 1 unspecified atom stereocenters. The highest BCUT2D eigenvalue weighted by Gasteiger charge is 2.16. The zero-order chi connectivity index (χ0) is 13.9. The SMILES string of the molecule is NNC(Cc1cccc2ccccc12)c1sccc1Br. The van der Waals surface area contributed by atoms with Gasteiger partial charge in [0.15, 0.2) is 0 Å². The molecule has 0 aliphatic rings. The Morgan fingerprint density at radius 3 is 2.65 bits per heavy atom. The highest BCUT2D eigenvalue weighted by Crippen LogP contribution is 2.32. The van der Waals surface area contributed by atoms with E-state index in [0.29, 0.717) is 0 Å². The van der Waals surface area contributed by atoms with Crippen molar-refractivity contribution in [2.24, 2.45) is 5.84 Å². The van der Waals surface area contributed by atoms with E-state index in [1.165, 1.54) is 21.2 Å². The molecule has 1 heterocycles. The Morgan fingerprint density at radius 2 is 1.90 bits per heavy atom. The van der Waals surface area contributed by atoms with E-state index >= 15 is 0 Å². The average Bonchev–Trinajstić information content (AvgIpc) is 2.91. The van der Waals surface area contributed by atoms with Crippen LogP contribution in [0, 0.1) is 0 Å². The molecule has 0 saturated heterocycles. The second-order valence-corrected chi connectivity index (χ2v) is 6.50. The molecule has 0 aliphatic carbocycles. The van der Waals surface area contributed by atoms with Gasteiger partial charge in [0.05, 0.1) is 6.04 Å².